The van der Waals surface area contributed by atoms with E-state index in [9.17, 15) is 5.26 Å². The van der Waals surface area contributed by atoms with Crippen molar-refractivity contribution in [2.24, 2.45) is 15.9 Å². The third-order valence-electron chi connectivity index (χ3n) is 3.69. The third kappa shape index (κ3) is 3.28. The van der Waals surface area contributed by atoms with Gasteiger partial charge in [0.25, 0.3) is 0 Å². The number of hydrogen-bond donors (Lipinski definition) is 0. The van der Waals surface area contributed by atoms with E-state index in [0.717, 1.165) is 5.56 Å². The summed E-state index contributed by atoms with van der Waals surface area (Å²) < 4.78 is 10.8. The zero-order valence-electron chi connectivity index (χ0n) is 13.4. The van der Waals surface area contributed by atoms with Crippen molar-refractivity contribution < 1.29 is 9.47 Å². The minimum atomic E-state index is -0.260. The van der Waals surface area contributed by atoms with Crippen LogP contribution >= 0.6 is 0 Å². The lowest BCUT2D eigenvalue weighted by molar-refractivity contribution is 0.332. The maximum absolute atomic E-state index is 9.21. The number of nitriles is 1. The largest absolute Gasteiger partial charge is 0.483 e. The number of benzene rings is 1. The topological polar surface area (TPSA) is 67.0 Å². The van der Waals surface area contributed by atoms with Crippen LogP contribution in [0.5, 0.6) is 0 Å². The Hall–Kier alpha value is -2.35. The molecule has 1 heterocycles. The molecule has 2 atom stereocenters. The van der Waals surface area contributed by atoms with E-state index in [-0.39, 0.29) is 18.0 Å². The third-order valence-corrected chi connectivity index (χ3v) is 3.69. The first-order valence-corrected chi connectivity index (χ1v) is 7.32. The van der Waals surface area contributed by atoms with Gasteiger partial charge in [0.1, 0.15) is 12.1 Å². The van der Waals surface area contributed by atoms with Crippen LogP contribution in [0.1, 0.15) is 25.0 Å². The molecule has 0 radical (unpaired) electrons. The van der Waals surface area contributed by atoms with Crippen LogP contribution < -0.4 is 0 Å². The second-order valence-corrected chi connectivity index (χ2v) is 5.52. The van der Waals surface area contributed by atoms with Crippen LogP contribution in [0.2, 0.25) is 0 Å². The average Bonchev–Trinajstić information content (AvgIpc) is 2.54. The standard InChI is InChI=1S/C17H21N3O2/c1-11(2)15-17(22-4)19-14(16(20-15)21-3)9-12-7-5-6-8-13(12)10-18/h5-8,11,14-15H,9H2,1-4H3/t14-,15+/m0/s1. The number of ether oxygens (including phenoxy) is 2. The molecule has 0 aromatic heterocycles. The highest BCUT2D eigenvalue weighted by atomic mass is 16.5. The van der Waals surface area contributed by atoms with Gasteiger partial charge in [0.2, 0.25) is 11.8 Å². The summed E-state index contributed by atoms with van der Waals surface area (Å²) in [7, 11) is 3.22. The summed E-state index contributed by atoms with van der Waals surface area (Å²) in [6.45, 7) is 4.14. The van der Waals surface area contributed by atoms with Gasteiger partial charge in [-0.05, 0) is 17.5 Å². The number of rotatable bonds is 3. The van der Waals surface area contributed by atoms with Crippen LogP contribution in [-0.4, -0.2) is 38.1 Å². The molecular weight excluding hydrogens is 278 g/mol. The molecule has 0 saturated carbocycles. The normalized spacial score (nSPS) is 20.9. The van der Waals surface area contributed by atoms with Gasteiger partial charge in [-0.25, -0.2) is 9.98 Å². The fourth-order valence-electron chi connectivity index (χ4n) is 2.51. The number of hydrogen-bond acceptors (Lipinski definition) is 5. The fraction of sp³-hybridized carbons (Fsp3) is 0.471. The van der Waals surface area contributed by atoms with Gasteiger partial charge in [0.15, 0.2) is 0 Å². The van der Waals surface area contributed by atoms with Crippen LogP contribution in [-0.2, 0) is 15.9 Å². The lowest BCUT2D eigenvalue weighted by atomic mass is 9.98. The summed E-state index contributed by atoms with van der Waals surface area (Å²) in [6.07, 6.45) is 0.564. The SMILES string of the molecule is COC1=N[C@H](C(C)C)C(OC)=N[C@H]1Cc1ccccc1C#N. The quantitative estimate of drug-likeness (QED) is 0.861. The van der Waals surface area contributed by atoms with Crippen LogP contribution in [0.4, 0.5) is 0 Å². The summed E-state index contributed by atoms with van der Waals surface area (Å²) in [6, 6.07) is 9.34. The Kier molecular flexibility index (Phi) is 5.16. The van der Waals surface area contributed by atoms with Gasteiger partial charge in [-0.2, -0.15) is 5.26 Å². The molecule has 0 N–H and O–H groups in total. The summed E-state index contributed by atoms with van der Waals surface area (Å²) in [5.74, 6) is 1.48. The molecule has 1 aliphatic rings. The first-order valence-electron chi connectivity index (χ1n) is 7.32. The van der Waals surface area contributed by atoms with E-state index in [0.29, 0.717) is 23.8 Å². The monoisotopic (exact) mass is 299 g/mol. The highest BCUT2D eigenvalue weighted by Crippen LogP contribution is 2.21. The van der Waals surface area contributed by atoms with E-state index in [1.54, 1.807) is 20.3 Å². The van der Waals surface area contributed by atoms with Crippen molar-refractivity contribution in [1.82, 2.24) is 0 Å². The van der Waals surface area contributed by atoms with E-state index in [1.807, 2.05) is 18.2 Å². The first-order chi connectivity index (χ1) is 10.6. The molecule has 22 heavy (non-hydrogen) atoms. The maximum Gasteiger partial charge on any atom is 0.209 e. The Balaban J connectivity index is 2.32. The molecule has 1 aromatic carbocycles. The van der Waals surface area contributed by atoms with Crippen LogP contribution in [0, 0.1) is 17.2 Å². The number of nitrogens with zero attached hydrogens (tertiary/aromatic N) is 3. The number of methoxy groups -OCH3 is 2. The van der Waals surface area contributed by atoms with E-state index in [4.69, 9.17) is 9.47 Å². The Morgan fingerprint density at radius 1 is 1.14 bits per heavy atom. The van der Waals surface area contributed by atoms with Crippen molar-refractivity contribution in [3.05, 3.63) is 35.4 Å². The molecule has 0 spiro atoms. The molecule has 0 fully saturated rings. The molecule has 0 bridgehead atoms. The second-order valence-electron chi connectivity index (χ2n) is 5.52. The summed E-state index contributed by atoms with van der Waals surface area (Å²) in [5, 5.41) is 9.21. The Morgan fingerprint density at radius 3 is 2.41 bits per heavy atom. The predicted molar refractivity (Wildman–Crippen MR) is 86.2 cm³/mol. The molecule has 0 unspecified atom stereocenters. The van der Waals surface area contributed by atoms with Crippen molar-refractivity contribution in [2.75, 3.05) is 14.2 Å². The Labute approximate surface area is 131 Å². The van der Waals surface area contributed by atoms with Crippen molar-refractivity contribution in [3.8, 4) is 6.07 Å². The lowest BCUT2D eigenvalue weighted by Gasteiger charge is -2.27. The highest BCUT2D eigenvalue weighted by Gasteiger charge is 2.31. The first kappa shape index (κ1) is 16.0. The van der Waals surface area contributed by atoms with E-state index < -0.39 is 0 Å². The molecule has 2 rings (SSSR count). The van der Waals surface area contributed by atoms with Gasteiger partial charge >= 0.3 is 0 Å². The van der Waals surface area contributed by atoms with Gasteiger partial charge in [-0.1, -0.05) is 32.0 Å². The predicted octanol–water partition coefficient (Wildman–Crippen LogP) is 2.60. The van der Waals surface area contributed by atoms with Gasteiger partial charge in [0.05, 0.1) is 25.9 Å². The molecule has 5 nitrogen and oxygen atoms in total. The summed E-state index contributed by atoms with van der Waals surface area (Å²) >= 11 is 0. The Morgan fingerprint density at radius 2 is 1.82 bits per heavy atom. The number of aliphatic imine (C=N–C) groups is 2. The van der Waals surface area contributed by atoms with Crippen LogP contribution in [0.3, 0.4) is 0 Å². The maximum atomic E-state index is 9.21. The molecule has 5 heteroatoms. The Bertz CT molecular complexity index is 629. The van der Waals surface area contributed by atoms with Gasteiger partial charge in [-0.15, -0.1) is 0 Å². The summed E-state index contributed by atoms with van der Waals surface area (Å²) in [5.41, 5.74) is 1.58. The molecule has 0 saturated heterocycles. The zero-order chi connectivity index (χ0) is 16.1. The van der Waals surface area contributed by atoms with Gasteiger partial charge in [-0.3, -0.25) is 0 Å². The van der Waals surface area contributed by atoms with Crippen molar-refractivity contribution in [1.29, 1.82) is 5.26 Å². The van der Waals surface area contributed by atoms with E-state index >= 15 is 0 Å². The van der Waals surface area contributed by atoms with Crippen molar-refractivity contribution in [2.45, 2.75) is 32.4 Å². The second kappa shape index (κ2) is 7.08. The van der Waals surface area contributed by atoms with Crippen molar-refractivity contribution >= 4 is 11.8 Å². The van der Waals surface area contributed by atoms with E-state index in [1.165, 1.54) is 0 Å². The zero-order valence-corrected chi connectivity index (χ0v) is 13.4. The molecule has 0 amide bonds. The average molecular weight is 299 g/mol. The lowest BCUT2D eigenvalue weighted by Crippen LogP contribution is -2.38. The molecule has 116 valence electrons. The highest BCUT2D eigenvalue weighted by molar-refractivity contribution is 5.94. The summed E-state index contributed by atoms with van der Waals surface area (Å²) in [4.78, 5) is 9.30. The van der Waals surface area contributed by atoms with Crippen LogP contribution in [0.15, 0.2) is 34.3 Å². The minimum absolute atomic E-state index is 0.123. The molecule has 1 aliphatic heterocycles. The smallest absolute Gasteiger partial charge is 0.209 e. The van der Waals surface area contributed by atoms with Gasteiger partial charge < -0.3 is 9.47 Å². The fourth-order valence-corrected chi connectivity index (χ4v) is 2.51. The van der Waals surface area contributed by atoms with E-state index in [2.05, 4.69) is 29.9 Å². The van der Waals surface area contributed by atoms with Crippen molar-refractivity contribution in [3.63, 3.8) is 0 Å². The minimum Gasteiger partial charge on any atom is -0.483 e. The molecular formula is C17H21N3O2. The molecule has 0 aliphatic carbocycles. The van der Waals surface area contributed by atoms with Gasteiger partial charge in [0, 0.05) is 6.42 Å². The van der Waals surface area contributed by atoms with Crippen LogP contribution in [0.25, 0.3) is 0 Å². The molecule has 1 aromatic rings.